The number of nitrogens with zero attached hydrogens (tertiary/aromatic N) is 1. The highest BCUT2D eigenvalue weighted by Crippen LogP contribution is 2.41. The van der Waals surface area contributed by atoms with Crippen molar-refractivity contribution in [3.63, 3.8) is 0 Å². The zero-order valence-corrected chi connectivity index (χ0v) is 5.82. The lowest BCUT2D eigenvalue weighted by atomic mass is 10.7. The van der Waals surface area contributed by atoms with Crippen molar-refractivity contribution < 1.29 is 23.9 Å². The maximum atomic E-state index is 10.4. The van der Waals surface area contributed by atoms with Crippen molar-refractivity contribution >= 4 is 13.8 Å². The van der Waals surface area contributed by atoms with Crippen molar-refractivity contribution in [1.82, 2.24) is 4.67 Å². The largest absolute Gasteiger partial charge is 0.447 e. The molecule has 1 heterocycles. The Kier molecular flexibility index (Phi) is 1.68. The number of amides is 1. The van der Waals surface area contributed by atoms with E-state index in [9.17, 15) is 9.36 Å². The van der Waals surface area contributed by atoms with Crippen LogP contribution in [0.3, 0.4) is 0 Å². The Morgan fingerprint density at radius 1 is 1.60 bits per heavy atom. The summed E-state index contributed by atoms with van der Waals surface area (Å²) >= 11 is 0. The maximum absolute atomic E-state index is 10.4. The molecular weight excluding hydrogens is 161 g/mol. The summed E-state index contributed by atoms with van der Waals surface area (Å²) in [4.78, 5) is 27.3. The minimum Gasteiger partial charge on any atom is -0.447 e. The summed E-state index contributed by atoms with van der Waals surface area (Å²) in [5.74, 6) is 0. The molecule has 58 valence electrons. The van der Waals surface area contributed by atoms with Gasteiger partial charge in [-0.2, -0.15) is 0 Å². The molecule has 0 bridgehead atoms. The molecule has 1 aliphatic heterocycles. The summed E-state index contributed by atoms with van der Waals surface area (Å²) in [5, 5.41) is 0. The molecule has 2 N–H and O–H groups in total. The highest BCUT2D eigenvalue weighted by atomic mass is 31.2. The fourth-order valence-corrected chi connectivity index (χ4v) is 1.23. The van der Waals surface area contributed by atoms with Gasteiger partial charge in [0, 0.05) is 0 Å². The fraction of sp³-hybridized carbons (Fsp3) is 0.667. The van der Waals surface area contributed by atoms with Gasteiger partial charge in [0.25, 0.3) is 0 Å². The van der Waals surface area contributed by atoms with Gasteiger partial charge in [-0.1, -0.05) is 0 Å². The maximum Gasteiger partial charge on any atom is 0.435 e. The van der Waals surface area contributed by atoms with Crippen LogP contribution in [0.4, 0.5) is 4.79 Å². The second kappa shape index (κ2) is 2.23. The van der Waals surface area contributed by atoms with Crippen molar-refractivity contribution in [2.45, 2.75) is 0 Å². The van der Waals surface area contributed by atoms with E-state index in [-0.39, 0.29) is 13.2 Å². The Morgan fingerprint density at radius 3 is 2.40 bits per heavy atom. The lowest BCUT2D eigenvalue weighted by molar-refractivity contribution is 0.165. The van der Waals surface area contributed by atoms with E-state index in [2.05, 4.69) is 4.74 Å². The Labute approximate surface area is 56.6 Å². The molecule has 0 saturated carbocycles. The highest BCUT2D eigenvalue weighted by Gasteiger charge is 2.35. The molecular formula is C3H6NO5P. The number of carbonyl (C=O) groups is 1. The molecule has 0 radical (unpaired) electrons. The molecule has 0 aromatic carbocycles. The van der Waals surface area contributed by atoms with Crippen LogP contribution in [0.2, 0.25) is 0 Å². The first kappa shape index (κ1) is 7.53. The van der Waals surface area contributed by atoms with Crippen molar-refractivity contribution in [2.24, 2.45) is 0 Å². The van der Waals surface area contributed by atoms with E-state index in [1.54, 1.807) is 0 Å². The molecule has 0 unspecified atom stereocenters. The molecule has 6 nitrogen and oxygen atoms in total. The van der Waals surface area contributed by atoms with Gasteiger partial charge in [-0.3, -0.25) is 0 Å². The van der Waals surface area contributed by atoms with E-state index in [1.807, 2.05) is 0 Å². The Hall–Kier alpha value is -0.580. The summed E-state index contributed by atoms with van der Waals surface area (Å²) < 4.78 is 15.0. The minimum absolute atomic E-state index is 0.0386. The van der Waals surface area contributed by atoms with Gasteiger partial charge in [0.15, 0.2) is 0 Å². The summed E-state index contributed by atoms with van der Waals surface area (Å²) in [5.41, 5.74) is 0. The number of ether oxygens (including phenoxy) is 1. The fourth-order valence-electron chi connectivity index (χ4n) is 0.622. The van der Waals surface area contributed by atoms with Gasteiger partial charge in [0.2, 0.25) is 0 Å². The van der Waals surface area contributed by atoms with Crippen LogP contribution < -0.4 is 0 Å². The molecule has 0 aromatic rings. The zero-order valence-electron chi connectivity index (χ0n) is 4.93. The third-order valence-electron chi connectivity index (χ3n) is 1.05. The number of hydrogen-bond acceptors (Lipinski definition) is 3. The van der Waals surface area contributed by atoms with Crippen molar-refractivity contribution in [1.29, 1.82) is 0 Å². The van der Waals surface area contributed by atoms with Gasteiger partial charge >= 0.3 is 13.8 Å². The smallest absolute Gasteiger partial charge is 0.435 e. The Morgan fingerprint density at radius 2 is 2.20 bits per heavy atom. The number of cyclic esters (lactones) is 1. The van der Waals surface area contributed by atoms with Gasteiger partial charge in [-0.25, -0.2) is 14.0 Å². The van der Waals surface area contributed by atoms with Gasteiger partial charge in [0.1, 0.15) is 6.61 Å². The van der Waals surface area contributed by atoms with E-state index in [4.69, 9.17) is 9.79 Å². The minimum atomic E-state index is -4.41. The molecule has 1 fully saturated rings. The van der Waals surface area contributed by atoms with E-state index in [0.717, 1.165) is 0 Å². The van der Waals surface area contributed by atoms with Gasteiger partial charge in [-0.05, 0) is 0 Å². The Bertz CT molecular complexity index is 197. The van der Waals surface area contributed by atoms with Crippen LogP contribution in [-0.2, 0) is 9.30 Å². The van der Waals surface area contributed by atoms with E-state index in [1.165, 1.54) is 0 Å². The van der Waals surface area contributed by atoms with Gasteiger partial charge in [-0.15, -0.1) is 0 Å². The predicted molar refractivity (Wildman–Crippen MR) is 30.1 cm³/mol. The van der Waals surface area contributed by atoms with Gasteiger partial charge < -0.3 is 14.5 Å². The first-order valence-electron chi connectivity index (χ1n) is 2.52. The molecule has 0 spiro atoms. The van der Waals surface area contributed by atoms with Crippen molar-refractivity contribution in [2.75, 3.05) is 13.2 Å². The average Bonchev–Trinajstić information content (AvgIpc) is 2.11. The molecule has 1 aliphatic rings. The number of hydrogen-bond donors (Lipinski definition) is 2. The number of rotatable bonds is 1. The molecule has 7 heteroatoms. The normalized spacial score (nSPS) is 19.4. The summed E-state index contributed by atoms with van der Waals surface area (Å²) in [6.07, 6.45) is -0.951. The van der Waals surface area contributed by atoms with Crippen LogP contribution in [0.1, 0.15) is 0 Å². The second-order valence-corrected chi connectivity index (χ2v) is 3.26. The van der Waals surface area contributed by atoms with E-state index < -0.39 is 13.8 Å². The lowest BCUT2D eigenvalue weighted by Crippen LogP contribution is -2.20. The second-order valence-electron chi connectivity index (χ2n) is 1.75. The molecule has 1 amide bonds. The molecule has 1 saturated heterocycles. The first-order valence-corrected chi connectivity index (χ1v) is 4.08. The average molecular weight is 167 g/mol. The standard InChI is InChI=1S/C3H6NO5P/c5-3-4(1-2-9-3)10(6,7)8/h1-2H2,(H2,6,7,8). The van der Waals surface area contributed by atoms with Crippen LogP contribution in [0, 0.1) is 0 Å². The first-order chi connectivity index (χ1) is 4.52. The third kappa shape index (κ3) is 1.29. The van der Waals surface area contributed by atoms with Crippen molar-refractivity contribution in [3.8, 4) is 0 Å². The van der Waals surface area contributed by atoms with Crippen molar-refractivity contribution in [3.05, 3.63) is 0 Å². The third-order valence-corrected chi connectivity index (χ3v) is 2.05. The zero-order chi connectivity index (χ0) is 7.78. The van der Waals surface area contributed by atoms with Crippen LogP contribution in [0.15, 0.2) is 0 Å². The predicted octanol–water partition coefficient (Wildman–Crippen LogP) is -0.469. The monoisotopic (exact) mass is 167 g/mol. The van der Waals surface area contributed by atoms with E-state index in [0.29, 0.717) is 4.67 Å². The lowest BCUT2D eigenvalue weighted by Gasteiger charge is -2.12. The van der Waals surface area contributed by atoms with Crippen LogP contribution >= 0.6 is 7.75 Å². The highest BCUT2D eigenvalue weighted by molar-refractivity contribution is 7.49. The van der Waals surface area contributed by atoms with Crippen LogP contribution in [-0.4, -0.2) is 33.7 Å². The Balaban J connectivity index is 2.74. The molecule has 10 heavy (non-hydrogen) atoms. The molecule has 0 aromatic heterocycles. The summed E-state index contributed by atoms with van der Waals surface area (Å²) in [7, 11) is -4.41. The molecule has 1 rings (SSSR count). The summed E-state index contributed by atoms with van der Waals surface area (Å²) in [6, 6.07) is 0. The quantitative estimate of drug-likeness (QED) is 0.515. The number of carbonyl (C=O) groups excluding carboxylic acids is 1. The van der Waals surface area contributed by atoms with Crippen LogP contribution in [0.5, 0.6) is 0 Å². The summed E-state index contributed by atoms with van der Waals surface area (Å²) in [6.45, 7) is 0.00700. The molecule has 0 atom stereocenters. The van der Waals surface area contributed by atoms with E-state index >= 15 is 0 Å². The van der Waals surface area contributed by atoms with Gasteiger partial charge in [0.05, 0.1) is 6.54 Å². The topological polar surface area (TPSA) is 87.1 Å². The van der Waals surface area contributed by atoms with Crippen LogP contribution in [0.25, 0.3) is 0 Å². The SMILES string of the molecule is O=C1OCCN1P(=O)(O)O. The molecule has 0 aliphatic carbocycles.